The Morgan fingerprint density at radius 3 is 2.65 bits per heavy atom. The van der Waals surface area contributed by atoms with Crippen molar-refractivity contribution in [1.29, 1.82) is 0 Å². The van der Waals surface area contributed by atoms with Crippen LogP contribution in [0.1, 0.15) is 36.9 Å². The molecule has 2 N–H and O–H groups in total. The maximum atomic E-state index is 12.1. The van der Waals surface area contributed by atoms with Crippen LogP contribution in [0.25, 0.3) is 0 Å². The summed E-state index contributed by atoms with van der Waals surface area (Å²) in [7, 11) is 0. The molecule has 1 aromatic rings. The van der Waals surface area contributed by atoms with E-state index < -0.39 is 5.97 Å². The Balaban J connectivity index is 1.80. The van der Waals surface area contributed by atoms with Gasteiger partial charge in [-0.15, -0.1) is 0 Å². The van der Waals surface area contributed by atoms with Crippen molar-refractivity contribution in [3.05, 3.63) is 21.6 Å². The first kappa shape index (κ1) is 13.1. The number of rotatable bonds is 2. The van der Waals surface area contributed by atoms with Crippen molar-refractivity contribution in [3.8, 4) is 0 Å². The number of nitrogens with one attached hydrogen (secondary N) is 1. The van der Waals surface area contributed by atoms with E-state index in [9.17, 15) is 9.59 Å². The summed E-state index contributed by atoms with van der Waals surface area (Å²) >= 11 is 0. The third kappa shape index (κ3) is 2.42. The quantitative estimate of drug-likeness (QED) is 0.840. The van der Waals surface area contributed by atoms with Crippen LogP contribution in [0.3, 0.4) is 0 Å². The van der Waals surface area contributed by atoms with Crippen LogP contribution in [-0.4, -0.2) is 34.1 Å². The van der Waals surface area contributed by atoms with Crippen molar-refractivity contribution in [2.75, 3.05) is 18.0 Å². The minimum Gasteiger partial charge on any atom is -0.481 e. The van der Waals surface area contributed by atoms with Crippen molar-refractivity contribution < 1.29 is 9.90 Å². The Hall–Kier alpha value is -1.85. The molecule has 0 saturated carbocycles. The Morgan fingerprint density at radius 2 is 1.95 bits per heavy atom. The summed E-state index contributed by atoms with van der Waals surface area (Å²) in [5, 5.41) is 9.01. The molecule has 0 spiro atoms. The van der Waals surface area contributed by atoms with Gasteiger partial charge in [0.05, 0.1) is 11.6 Å². The van der Waals surface area contributed by atoms with E-state index >= 15 is 0 Å². The average molecular weight is 277 g/mol. The number of nitrogens with zero attached hydrogens (tertiary/aromatic N) is 2. The molecule has 0 atom stereocenters. The number of carboxylic acids is 1. The van der Waals surface area contributed by atoms with E-state index in [1.54, 1.807) is 0 Å². The number of aromatic amines is 1. The number of anilines is 1. The molecule has 0 amide bonds. The SMILES string of the molecule is O=C(O)C1CCN(c2nc3c(c(=O)[nH]2)CCCC3)CC1. The zero-order chi connectivity index (χ0) is 14.1. The summed E-state index contributed by atoms with van der Waals surface area (Å²) in [5.74, 6) is -0.383. The zero-order valence-corrected chi connectivity index (χ0v) is 11.4. The second-order valence-electron chi connectivity index (χ2n) is 5.62. The molecule has 3 rings (SSSR count). The number of carboxylic acid groups (broad SMARTS) is 1. The van der Waals surface area contributed by atoms with Gasteiger partial charge in [0, 0.05) is 18.7 Å². The lowest BCUT2D eigenvalue weighted by Gasteiger charge is -2.31. The number of hydrogen-bond acceptors (Lipinski definition) is 4. The Bertz CT molecular complexity index is 574. The van der Waals surface area contributed by atoms with Gasteiger partial charge in [0.25, 0.3) is 5.56 Å². The molecule has 6 nitrogen and oxygen atoms in total. The molecule has 6 heteroatoms. The largest absolute Gasteiger partial charge is 0.481 e. The number of hydrogen-bond donors (Lipinski definition) is 2. The minimum atomic E-state index is -0.725. The van der Waals surface area contributed by atoms with E-state index in [1.165, 1.54) is 0 Å². The predicted octanol–water partition coefficient (Wildman–Crippen LogP) is 0.950. The van der Waals surface area contributed by atoms with Crippen LogP contribution in [0.2, 0.25) is 0 Å². The molecule has 1 saturated heterocycles. The van der Waals surface area contributed by atoms with Gasteiger partial charge in [0.15, 0.2) is 0 Å². The summed E-state index contributed by atoms with van der Waals surface area (Å²) in [5.41, 5.74) is 1.74. The molecule has 1 aliphatic heterocycles. The summed E-state index contributed by atoms with van der Waals surface area (Å²) in [6.07, 6.45) is 5.05. The highest BCUT2D eigenvalue weighted by molar-refractivity contribution is 5.70. The van der Waals surface area contributed by atoms with Gasteiger partial charge in [-0.2, -0.15) is 0 Å². The molecule has 1 aromatic heterocycles. The first-order valence-electron chi connectivity index (χ1n) is 7.25. The Morgan fingerprint density at radius 1 is 1.25 bits per heavy atom. The van der Waals surface area contributed by atoms with Crippen LogP contribution in [0.4, 0.5) is 5.95 Å². The molecular formula is C14H19N3O3. The van der Waals surface area contributed by atoms with Crippen molar-refractivity contribution in [2.45, 2.75) is 38.5 Å². The summed E-state index contributed by atoms with van der Waals surface area (Å²) in [6, 6.07) is 0. The number of piperidine rings is 1. The number of aromatic nitrogens is 2. The van der Waals surface area contributed by atoms with Crippen molar-refractivity contribution >= 4 is 11.9 Å². The van der Waals surface area contributed by atoms with E-state index in [-0.39, 0.29) is 11.5 Å². The van der Waals surface area contributed by atoms with Gasteiger partial charge in [-0.3, -0.25) is 14.6 Å². The molecular weight excluding hydrogens is 258 g/mol. The molecule has 0 radical (unpaired) electrons. The monoisotopic (exact) mass is 277 g/mol. The minimum absolute atomic E-state index is 0.0231. The van der Waals surface area contributed by atoms with Crippen molar-refractivity contribution in [2.24, 2.45) is 5.92 Å². The second-order valence-corrected chi connectivity index (χ2v) is 5.62. The molecule has 2 aliphatic rings. The number of H-pyrrole nitrogens is 1. The normalized spacial score (nSPS) is 19.7. The van der Waals surface area contributed by atoms with Crippen molar-refractivity contribution in [3.63, 3.8) is 0 Å². The van der Waals surface area contributed by atoms with Crippen LogP contribution in [0.5, 0.6) is 0 Å². The van der Waals surface area contributed by atoms with Crippen molar-refractivity contribution in [1.82, 2.24) is 9.97 Å². The molecule has 1 fully saturated rings. The highest BCUT2D eigenvalue weighted by Crippen LogP contribution is 2.22. The number of fused-ring (bicyclic) bond motifs is 1. The highest BCUT2D eigenvalue weighted by atomic mass is 16.4. The average Bonchev–Trinajstić information content (AvgIpc) is 2.47. The maximum Gasteiger partial charge on any atom is 0.306 e. The van der Waals surface area contributed by atoms with E-state index in [0.717, 1.165) is 36.9 Å². The van der Waals surface area contributed by atoms with Crippen LogP contribution in [0, 0.1) is 5.92 Å². The van der Waals surface area contributed by atoms with E-state index in [0.29, 0.717) is 31.9 Å². The van der Waals surface area contributed by atoms with Gasteiger partial charge in [0.2, 0.25) is 5.95 Å². The lowest BCUT2D eigenvalue weighted by molar-refractivity contribution is -0.142. The third-order valence-corrected chi connectivity index (χ3v) is 4.32. The lowest BCUT2D eigenvalue weighted by atomic mass is 9.96. The summed E-state index contributed by atoms with van der Waals surface area (Å²) in [4.78, 5) is 32.5. The summed E-state index contributed by atoms with van der Waals surface area (Å²) < 4.78 is 0. The molecule has 20 heavy (non-hydrogen) atoms. The fourth-order valence-corrected chi connectivity index (χ4v) is 3.08. The van der Waals surface area contributed by atoms with Gasteiger partial charge in [-0.1, -0.05) is 0 Å². The Labute approximate surface area is 116 Å². The molecule has 108 valence electrons. The van der Waals surface area contributed by atoms with Gasteiger partial charge >= 0.3 is 5.97 Å². The van der Waals surface area contributed by atoms with E-state index in [1.807, 2.05) is 4.90 Å². The Kier molecular flexibility index (Phi) is 3.46. The van der Waals surface area contributed by atoms with Crippen LogP contribution in [0.15, 0.2) is 4.79 Å². The standard InChI is InChI=1S/C14H19N3O3/c18-12-10-3-1-2-4-11(10)15-14(16-12)17-7-5-9(6-8-17)13(19)20/h9H,1-8H2,(H,19,20)(H,15,16,18). The van der Waals surface area contributed by atoms with Crippen LogP contribution in [-0.2, 0) is 17.6 Å². The fourth-order valence-electron chi connectivity index (χ4n) is 3.08. The highest BCUT2D eigenvalue weighted by Gasteiger charge is 2.26. The van der Waals surface area contributed by atoms with Crippen LogP contribution < -0.4 is 10.5 Å². The number of aliphatic carboxylic acids is 1. The van der Waals surface area contributed by atoms with Gasteiger partial charge in [0.1, 0.15) is 0 Å². The second kappa shape index (κ2) is 5.26. The van der Waals surface area contributed by atoms with Gasteiger partial charge in [-0.25, -0.2) is 4.98 Å². The molecule has 0 unspecified atom stereocenters. The van der Waals surface area contributed by atoms with Crippen LogP contribution >= 0.6 is 0 Å². The first-order valence-corrected chi connectivity index (χ1v) is 7.25. The molecule has 1 aliphatic carbocycles. The number of aryl methyl sites for hydroxylation is 1. The lowest BCUT2D eigenvalue weighted by Crippen LogP contribution is -2.38. The molecule has 0 aromatic carbocycles. The van der Waals surface area contributed by atoms with E-state index in [4.69, 9.17) is 5.11 Å². The maximum absolute atomic E-state index is 12.1. The number of carbonyl (C=O) groups is 1. The third-order valence-electron chi connectivity index (χ3n) is 4.32. The van der Waals surface area contributed by atoms with Gasteiger partial charge in [-0.05, 0) is 38.5 Å². The van der Waals surface area contributed by atoms with Gasteiger partial charge < -0.3 is 10.0 Å². The smallest absolute Gasteiger partial charge is 0.306 e. The molecule has 2 heterocycles. The van der Waals surface area contributed by atoms with E-state index in [2.05, 4.69) is 9.97 Å². The molecule has 0 bridgehead atoms. The fraction of sp³-hybridized carbons (Fsp3) is 0.643. The first-order chi connectivity index (χ1) is 9.65. The summed E-state index contributed by atoms with van der Waals surface area (Å²) in [6.45, 7) is 1.28. The topological polar surface area (TPSA) is 86.3 Å². The predicted molar refractivity (Wildman–Crippen MR) is 74.1 cm³/mol. The zero-order valence-electron chi connectivity index (χ0n) is 11.4.